The van der Waals surface area contributed by atoms with Crippen molar-refractivity contribution in [2.45, 2.75) is 70.8 Å². The van der Waals surface area contributed by atoms with Gasteiger partial charge in [0.25, 0.3) is 0 Å². The molecule has 1 aromatic carbocycles. The normalized spacial score (nSPS) is 23.8. The first kappa shape index (κ1) is 24.1. The summed E-state index contributed by atoms with van der Waals surface area (Å²) in [6.07, 6.45) is 2.28. The Bertz CT molecular complexity index is 860. The zero-order chi connectivity index (χ0) is 22.8. The molecule has 6 nitrogen and oxygen atoms in total. The summed E-state index contributed by atoms with van der Waals surface area (Å²) in [5.41, 5.74) is 2.16. The van der Waals surface area contributed by atoms with Crippen LogP contribution < -0.4 is 4.90 Å². The van der Waals surface area contributed by atoms with Gasteiger partial charge in [-0.25, -0.2) is 8.42 Å². The number of morpholine rings is 1. The molecule has 7 heteroatoms. The lowest BCUT2D eigenvalue weighted by molar-refractivity contribution is -0.131. The van der Waals surface area contributed by atoms with Crippen molar-refractivity contribution in [2.24, 2.45) is 5.92 Å². The molecule has 3 rings (SSSR count). The Labute approximate surface area is 187 Å². The van der Waals surface area contributed by atoms with Crippen molar-refractivity contribution in [1.29, 1.82) is 0 Å². The second kappa shape index (κ2) is 9.49. The molecule has 0 unspecified atom stereocenters. The largest absolute Gasteiger partial charge is 0.372 e. The van der Waals surface area contributed by atoms with Crippen LogP contribution in [0.4, 0.5) is 5.69 Å². The van der Waals surface area contributed by atoms with Crippen LogP contribution in [0.2, 0.25) is 0 Å². The fraction of sp³-hybridized carbons (Fsp3) is 0.708. The number of hydrogen-bond acceptors (Lipinski definition) is 5. The molecule has 2 saturated heterocycles. The van der Waals surface area contributed by atoms with Gasteiger partial charge in [0.2, 0.25) is 5.91 Å². The molecule has 2 fully saturated rings. The first-order chi connectivity index (χ1) is 14.4. The number of hydrogen-bond donors (Lipinski definition) is 0. The van der Waals surface area contributed by atoms with E-state index in [1.807, 2.05) is 17.0 Å². The first-order valence-corrected chi connectivity index (χ1v) is 13.1. The number of likely N-dealkylation sites (tertiary alicyclic amines) is 1. The Morgan fingerprint density at radius 2 is 1.71 bits per heavy atom. The van der Waals surface area contributed by atoms with E-state index in [4.69, 9.17) is 4.74 Å². The molecule has 0 N–H and O–H groups in total. The maximum Gasteiger partial charge on any atom is 0.226 e. The fourth-order valence-corrected chi connectivity index (χ4v) is 5.90. The van der Waals surface area contributed by atoms with Gasteiger partial charge < -0.3 is 14.5 Å². The molecule has 1 amide bonds. The van der Waals surface area contributed by atoms with Crippen molar-refractivity contribution < 1.29 is 17.9 Å². The van der Waals surface area contributed by atoms with E-state index in [0.29, 0.717) is 19.5 Å². The van der Waals surface area contributed by atoms with Gasteiger partial charge in [-0.15, -0.1) is 0 Å². The molecule has 0 aromatic heterocycles. The van der Waals surface area contributed by atoms with Crippen molar-refractivity contribution >= 4 is 21.4 Å². The van der Waals surface area contributed by atoms with E-state index in [1.165, 1.54) is 0 Å². The SMILES string of the molecule is C[C@@H]1CN(c2cccc(CC(=O)N3CCC(CS(=O)(=O)C(C)(C)C)CC3)c2)C[C@H](C)O1. The summed E-state index contributed by atoms with van der Waals surface area (Å²) in [5, 5.41) is 0. The molecule has 0 radical (unpaired) electrons. The fourth-order valence-electron chi connectivity index (χ4n) is 4.45. The molecule has 1 aromatic rings. The smallest absolute Gasteiger partial charge is 0.226 e. The molecule has 2 aliphatic rings. The lowest BCUT2D eigenvalue weighted by atomic mass is 9.98. The van der Waals surface area contributed by atoms with E-state index < -0.39 is 14.6 Å². The maximum atomic E-state index is 12.9. The van der Waals surface area contributed by atoms with Crippen LogP contribution >= 0.6 is 0 Å². The van der Waals surface area contributed by atoms with Gasteiger partial charge in [-0.2, -0.15) is 0 Å². The molecule has 2 heterocycles. The third kappa shape index (κ3) is 6.22. The molecule has 0 saturated carbocycles. The molecular weight excluding hydrogens is 412 g/mol. The van der Waals surface area contributed by atoms with Gasteiger partial charge in [0.05, 0.1) is 29.1 Å². The number of anilines is 1. The van der Waals surface area contributed by atoms with Gasteiger partial charge in [0.1, 0.15) is 0 Å². The lowest BCUT2D eigenvalue weighted by Gasteiger charge is -2.37. The van der Waals surface area contributed by atoms with Crippen LogP contribution in [0.3, 0.4) is 0 Å². The van der Waals surface area contributed by atoms with Crippen molar-refractivity contribution in [3.63, 3.8) is 0 Å². The minimum atomic E-state index is -3.12. The number of sulfone groups is 1. The van der Waals surface area contributed by atoms with E-state index in [-0.39, 0.29) is 29.8 Å². The number of ether oxygens (including phenoxy) is 1. The number of nitrogens with zero attached hydrogens (tertiary/aromatic N) is 2. The molecule has 31 heavy (non-hydrogen) atoms. The van der Waals surface area contributed by atoms with Crippen molar-refractivity contribution in [1.82, 2.24) is 4.90 Å². The summed E-state index contributed by atoms with van der Waals surface area (Å²) in [4.78, 5) is 17.1. The number of benzene rings is 1. The summed E-state index contributed by atoms with van der Waals surface area (Å²) < 4.78 is 30.1. The summed E-state index contributed by atoms with van der Waals surface area (Å²) >= 11 is 0. The molecule has 0 spiro atoms. The van der Waals surface area contributed by atoms with Crippen LogP contribution in [-0.2, 0) is 25.8 Å². The van der Waals surface area contributed by atoms with Gasteiger partial charge in [0.15, 0.2) is 9.84 Å². The highest BCUT2D eigenvalue weighted by Crippen LogP contribution is 2.26. The Kier molecular flexibility index (Phi) is 7.36. The summed E-state index contributed by atoms with van der Waals surface area (Å²) in [6.45, 7) is 12.4. The predicted molar refractivity (Wildman–Crippen MR) is 125 cm³/mol. The van der Waals surface area contributed by atoms with Crippen molar-refractivity contribution in [3.05, 3.63) is 29.8 Å². The zero-order valence-electron chi connectivity index (χ0n) is 19.6. The minimum Gasteiger partial charge on any atom is -0.372 e. The highest BCUT2D eigenvalue weighted by molar-refractivity contribution is 7.92. The number of rotatable bonds is 5. The van der Waals surface area contributed by atoms with E-state index in [0.717, 1.165) is 37.2 Å². The quantitative estimate of drug-likeness (QED) is 0.689. The summed E-state index contributed by atoms with van der Waals surface area (Å²) in [6, 6.07) is 8.24. The van der Waals surface area contributed by atoms with E-state index in [2.05, 4.69) is 30.9 Å². The van der Waals surface area contributed by atoms with Gasteiger partial charge >= 0.3 is 0 Å². The van der Waals surface area contributed by atoms with Crippen molar-refractivity contribution in [3.8, 4) is 0 Å². The predicted octanol–water partition coefficient (Wildman–Crippen LogP) is 3.29. The standard InChI is InChI=1S/C24H38N2O4S/c1-18-15-26(16-19(2)30-18)22-8-6-7-21(13-22)14-23(27)25-11-9-20(10-12-25)17-31(28,29)24(3,4)5/h6-8,13,18-20H,9-12,14-17H2,1-5H3/t18-,19+. The number of amides is 1. The maximum absolute atomic E-state index is 12.9. The average molecular weight is 451 g/mol. The van der Waals surface area contributed by atoms with Crippen LogP contribution in [0.15, 0.2) is 24.3 Å². The topological polar surface area (TPSA) is 66.9 Å². The molecule has 0 bridgehead atoms. The number of carbonyl (C=O) groups is 1. The van der Waals surface area contributed by atoms with E-state index in [1.54, 1.807) is 20.8 Å². The molecule has 0 aliphatic carbocycles. The third-order valence-electron chi connectivity index (χ3n) is 6.41. The second-order valence-corrected chi connectivity index (χ2v) is 13.0. The van der Waals surface area contributed by atoms with E-state index in [9.17, 15) is 13.2 Å². The molecular formula is C24H38N2O4S. The van der Waals surface area contributed by atoms with Crippen LogP contribution in [0.5, 0.6) is 0 Å². The molecule has 2 aliphatic heterocycles. The van der Waals surface area contributed by atoms with Gasteiger partial charge in [0, 0.05) is 31.9 Å². The Hall–Kier alpha value is -1.60. The van der Waals surface area contributed by atoms with Crippen LogP contribution in [-0.4, -0.2) is 68.1 Å². The van der Waals surface area contributed by atoms with Gasteiger partial charge in [-0.3, -0.25) is 4.79 Å². The first-order valence-electron chi connectivity index (χ1n) is 11.4. The Morgan fingerprint density at radius 1 is 1.10 bits per heavy atom. The van der Waals surface area contributed by atoms with Crippen LogP contribution in [0, 0.1) is 5.92 Å². The summed E-state index contributed by atoms with van der Waals surface area (Å²) in [7, 11) is -3.12. The summed E-state index contributed by atoms with van der Waals surface area (Å²) in [5.74, 6) is 0.483. The third-order valence-corrected chi connectivity index (χ3v) is 9.18. The highest BCUT2D eigenvalue weighted by atomic mass is 32.2. The number of piperidine rings is 1. The van der Waals surface area contributed by atoms with Gasteiger partial charge in [-0.05, 0) is 71.1 Å². The lowest BCUT2D eigenvalue weighted by Crippen LogP contribution is -2.45. The second-order valence-electron chi connectivity index (χ2n) is 10.2. The Morgan fingerprint density at radius 3 is 2.29 bits per heavy atom. The highest BCUT2D eigenvalue weighted by Gasteiger charge is 2.33. The van der Waals surface area contributed by atoms with Crippen LogP contribution in [0.1, 0.15) is 53.0 Å². The Balaban J connectivity index is 1.55. The van der Waals surface area contributed by atoms with Crippen LogP contribution in [0.25, 0.3) is 0 Å². The number of carbonyl (C=O) groups excluding carboxylic acids is 1. The average Bonchev–Trinajstić information content (AvgIpc) is 2.67. The minimum absolute atomic E-state index is 0.123. The molecule has 2 atom stereocenters. The van der Waals surface area contributed by atoms with Gasteiger partial charge in [-0.1, -0.05) is 12.1 Å². The van der Waals surface area contributed by atoms with E-state index >= 15 is 0 Å². The van der Waals surface area contributed by atoms with Crippen molar-refractivity contribution in [2.75, 3.05) is 36.8 Å². The zero-order valence-corrected chi connectivity index (χ0v) is 20.5. The monoisotopic (exact) mass is 450 g/mol. The molecule has 174 valence electrons.